The summed E-state index contributed by atoms with van der Waals surface area (Å²) in [6, 6.07) is 15.2. The van der Waals surface area contributed by atoms with Gasteiger partial charge in [0.15, 0.2) is 13.1 Å². The van der Waals surface area contributed by atoms with Gasteiger partial charge in [-0.2, -0.15) is 0 Å². The Bertz CT molecular complexity index is 1030. The monoisotopic (exact) mass is 640 g/mol. The molecule has 258 valence electrons. The highest BCUT2D eigenvalue weighted by molar-refractivity contribution is 5.92. The third kappa shape index (κ3) is 18.1. The molecular formula is C38H64N4O4+2. The molecule has 0 atom stereocenters. The van der Waals surface area contributed by atoms with Gasteiger partial charge < -0.3 is 29.1 Å². The fraction of sp³-hybridized carbons (Fsp3) is 0.632. The zero-order valence-electron chi connectivity index (χ0n) is 29.9. The third-order valence-corrected chi connectivity index (χ3v) is 8.26. The van der Waals surface area contributed by atoms with Gasteiger partial charge in [0, 0.05) is 11.4 Å². The normalized spacial score (nSPS) is 11.7. The molecule has 2 aromatic rings. The third-order valence-electron chi connectivity index (χ3n) is 8.26. The lowest BCUT2D eigenvalue weighted by atomic mass is 10.1. The van der Waals surface area contributed by atoms with Crippen LogP contribution >= 0.6 is 0 Å². The minimum atomic E-state index is -0.0341. The molecule has 0 aliphatic rings. The van der Waals surface area contributed by atoms with E-state index in [-0.39, 0.29) is 11.8 Å². The lowest BCUT2D eigenvalue weighted by Gasteiger charge is -2.34. The number of amides is 2. The maximum Gasteiger partial charge on any atom is 0.279 e. The Morgan fingerprint density at radius 3 is 1.20 bits per heavy atom. The van der Waals surface area contributed by atoms with Crippen LogP contribution in [0.25, 0.3) is 0 Å². The largest absolute Gasteiger partial charge is 0.494 e. The van der Waals surface area contributed by atoms with Crippen molar-refractivity contribution < 1.29 is 28.0 Å². The number of hydrogen-bond donors (Lipinski definition) is 2. The Labute approximate surface area is 280 Å². The van der Waals surface area contributed by atoms with Crippen molar-refractivity contribution >= 4 is 23.2 Å². The molecule has 0 radical (unpaired) electrons. The molecule has 0 saturated carbocycles. The number of quaternary nitrogens is 2. The topological polar surface area (TPSA) is 76.7 Å². The van der Waals surface area contributed by atoms with Crippen molar-refractivity contribution in [3.8, 4) is 11.5 Å². The fourth-order valence-electron chi connectivity index (χ4n) is 5.29. The number of nitrogens with one attached hydrogen (secondary N) is 2. The van der Waals surface area contributed by atoms with Gasteiger partial charge in [0.05, 0.1) is 41.4 Å². The molecule has 0 aliphatic carbocycles. The van der Waals surface area contributed by atoms with Gasteiger partial charge in [-0.25, -0.2) is 0 Å². The van der Waals surface area contributed by atoms with Gasteiger partial charge in [-0.3, -0.25) is 9.59 Å². The summed E-state index contributed by atoms with van der Waals surface area (Å²) in [6.45, 7) is 8.10. The highest BCUT2D eigenvalue weighted by atomic mass is 16.5. The van der Waals surface area contributed by atoms with Crippen LogP contribution in [0.5, 0.6) is 11.5 Å². The van der Waals surface area contributed by atoms with Gasteiger partial charge in [0.1, 0.15) is 24.6 Å². The summed E-state index contributed by atoms with van der Waals surface area (Å²) in [5.41, 5.74) is 1.53. The summed E-state index contributed by atoms with van der Waals surface area (Å²) in [7, 11) is 8.20. The molecule has 2 rings (SSSR count). The van der Waals surface area contributed by atoms with E-state index in [4.69, 9.17) is 9.47 Å². The van der Waals surface area contributed by atoms with Crippen molar-refractivity contribution in [2.45, 2.75) is 90.9 Å². The van der Waals surface area contributed by atoms with E-state index in [1.807, 2.05) is 48.5 Å². The Balaban J connectivity index is 1.67. The van der Waals surface area contributed by atoms with Gasteiger partial charge in [-0.05, 0) is 61.4 Å². The molecule has 0 bridgehead atoms. The van der Waals surface area contributed by atoms with Gasteiger partial charge in [0.2, 0.25) is 0 Å². The molecule has 0 fully saturated rings. The molecule has 0 aliphatic heterocycles. The van der Waals surface area contributed by atoms with E-state index in [0.717, 1.165) is 62.0 Å². The van der Waals surface area contributed by atoms with Gasteiger partial charge in [-0.1, -0.05) is 78.1 Å². The minimum Gasteiger partial charge on any atom is -0.494 e. The minimum absolute atomic E-state index is 0.0341. The zero-order valence-corrected chi connectivity index (χ0v) is 29.9. The summed E-state index contributed by atoms with van der Waals surface area (Å²) >= 11 is 0. The second-order valence-electron chi connectivity index (χ2n) is 14.0. The first-order chi connectivity index (χ1) is 22.0. The molecule has 46 heavy (non-hydrogen) atoms. The van der Waals surface area contributed by atoms with E-state index in [2.05, 4.69) is 52.7 Å². The number of nitrogens with zero attached hydrogens (tertiary/aromatic N) is 2. The van der Waals surface area contributed by atoms with Crippen LogP contribution in [0.15, 0.2) is 48.5 Å². The van der Waals surface area contributed by atoms with Crippen LogP contribution in [0.4, 0.5) is 11.4 Å². The molecule has 8 heteroatoms. The average Bonchev–Trinajstić information content (AvgIpc) is 3.00. The second-order valence-corrected chi connectivity index (χ2v) is 14.0. The van der Waals surface area contributed by atoms with Crippen molar-refractivity contribution in [1.82, 2.24) is 0 Å². The molecule has 2 aromatic carbocycles. The first-order valence-corrected chi connectivity index (χ1v) is 17.7. The molecule has 0 heterocycles. The van der Waals surface area contributed by atoms with Crippen molar-refractivity contribution in [2.75, 3.05) is 78.2 Å². The number of ether oxygens (including phenoxy) is 2. The van der Waals surface area contributed by atoms with E-state index in [9.17, 15) is 9.59 Å². The van der Waals surface area contributed by atoms with Crippen LogP contribution in [0.3, 0.4) is 0 Å². The van der Waals surface area contributed by atoms with E-state index in [0.29, 0.717) is 22.1 Å². The summed E-state index contributed by atoms with van der Waals surface area (Å²) in [5, 5.41) is 6.03. The number of likely N-dealkylation sites (N-methyl/N-ethyl adjacent to an activating group) is 2. The zero-order chi connectivity index (χ0) is 33.7. The first-order valence-electron chi connectivity index (χ1n) is 17.7. The van der Waals surface area contributed by atoms with Crippen molar-refractivity contribution in [3.63, 3.8) is 0 Å². The van der Waals surface area contributed by atoms with Crippen LogP contribution in [0.2, 0.25) is 0 Å². The Morgan fingerprint density at radius 2 is 0.848 bits per heavy atom. The number of rotatable bonds is 25. The molecule has 0 saturated heterocycles. The van der Waals surface area contributed by atoms with Crippen LogP contribution in [0, 0.1) is 0 Å². The number of benzene rings is 2. The van der Waals surface area contributed by atoms with Gasteiger partial charge in [0.25, 0.3) is 11.8 Å². The summed E-state index contributed by atoms with van der Waals surface area (Å²) in [4.78, 5) is 25.7. The summed E-state index contributed by atoms with van der Waals surface area (Å²) < 4.78 is 12.8. The maximum atomic E-state index is 12.8. The summed E-state index contributed by atoms with van der Waals surface area (Å²) in [5.74, 6) is 1.59. The SMILES string of the molecule is CCCCCCCCOc1ccc(NC(=O)C[N+](C)(C)CC[N+](C)(C)CC(=O)Nc2ccc(OCCCCCCCC)cc2)cc1. The maximum absolute atomic E-state index is 12.8. The molecule has 2 N–H and O–H groups in total. The number of unbranched alkanes of at least 4 members (excludes halogenated alkanes) is 10. The number of anilines is 2. The number of carbonyl (C=O) groups excluding carboxylic acids is 2. The molecule has 2 amide bonds. The van der Waals surface area contributed by atoms with E-state index in [1.54, 1.807) is 0 Å². The highest BCUT2D eigenvalue weighted by Crippen LogP contribution is 2.18. The predicted molar refractivity (Wildman–Crippen MR) is 192 cm³/mol. The molecule has 0 aromatic heterocycles. The van der Waals surface area contributed by atoms with E-state index in [1.165, 1.54) is 64.2 Å². The lowest BCUT2D eigenvalue weighted by Crippen LogP contribution is -2.54. The van der Waals surface area contributed by atoms with Gasteiger partial charge >= 0.3 is 0 Å². The fourth-order valence-corrected chi connectivity index (χ4v) is 5.29. The molecular weight excluding hydrogens is 576 g/mol. The van der Waals surface area contributed by atoms with Crippen molar-refractivity contribution in [2.24, 2.45) is 0 Å². The molecule has 0 unspecified atom stereocenters. The number of hydrogen-bond acceptors (Lipinski definition) is 4. The quantitative estimate of drug-likeness (QED) is 0.0855. The van der Waals surface area contributed by atoms with E-state index >= 15 is 0 Å². The average molecular weight is 641 g/mol. The predicted octanol–water partition coefficient (Wildman–Crippen LogP) is 7.90. The van der Waals surface area contributed by atoms with Crippen LogP contribution in [0.1, 0.15) is 90.9 Å². The Morgan fingerprint density at radius 1 is 0.522 bits per heavy atom. The lowest BCUT2D eigenvalue weighted by molar-refractivity contribution is -0.938. The summed E-state index contributed by atoms with van der Waals surface area (Å²) in [6.07, 6.45) is 14.9. The van der Waals surface area contributed by atoms with Crippen molar-refractivity contribution in [3.05, 3.63) is 48.5 Å². The van der Waals surface area contributed by atoms with Crippen LogP contribution < -0.4 is 20.1 Å². The smallest absolute Gasteiger partial charge is 0.279 e. The highest BCUT2D eigenvalue weighted by Gasteiger charge is 2.27. The Hall–Kier alpha value is -3.10. The standard InChI is InChI=1S/C38H62N4O4/c1-7-9-11-13-15-17-29-45-35-23-19-33(20-24-35)39-37(43)31-41(3,4)27-28-42(5,6)32-38(44)40-34-21-25-36(26-22-34)46-30-18-16-14-12-10-8-2/h19-26H,7-18,27-32H2,1-6H3/p+2. The van der Waals surface area contributed by atoms with Gasteiger partial charge in [-0.15, -0.1) is 0 Å². The Kier molecular flexibility index (Phi) is 18.4. The molecule has 8 nitrogen and oxygen atoms in total. The van der Waals surface area contributed by atoms with E-state index < -0.39 is 0 Å². The molecule has 0 spiro atoms. The second kappa shape index (κ2) is 21.6. The number of carbonyl (C=O) groups is 2. The van der Waals surface area contributed by atoms with Crippen LogP contribution in [-0.4, -0.2) is 88.4 Å². The first kappa shape index (κ1) is 39.1. The van der Waals surface area contributed by atoms with Crippen molar-refractivity contribution in [1.29, 1.82) is 0 Å². The van der Waals surface area contributed by atoms with Crippen LogP contribution in [-0.2, 0) is 9.59 Å².